The first-order valence-electron chi connectivity index (χ1n) is 6.64. The second-order valence-corrected chi connectivity index (χ2v) is 5.40. The molecule has 108 valence electrons. The Morgan fingerprint density at radius 2 is 2.15 bits per heavy atom. The molecule has 1 heterocycles. The van der Waals surface area contributed by atoms with E-state index in [0.717, 1.165) is 18.8 Å². The zero-order valence-corrected chi connectivity index (χ0v) is 12.5. The maximum Gasteiger partial charge on any atom is 0.167 e. The molecule has 0 aliphatic rings. The molecule has 2 N–H and O–H groups in total. The second-order valence-electron chi connectivity index (χ2n) is 4.37. The Labute approximate surface area is 122 Å². The van der Waals surface area contributed by atoms with Gasteiger partial charge in [0, 0.05) is 23.6 Å². The number of rotatable bonds is 6. The Hall–Kier alpha value is -1.75. The van der Waals surface area contributed by atoms with Crippen molar-refractivity contribution in [1.29, 1.82) is 0 Å². The number of hydrogen-bond donors (Lipinski definition) is 1. The van der Waals surface area contributed by atoms with Crippen LogP contribution in [0.5, 0.6) is 5.75 Å². The van der Waals surface area contributed by atoms with Gasteiger partial charge in [0.15, 0.2) is 11.6 Å². The third kappa shape index (κ3) is 3.22. The van der Waals surface area contributed by atoms with Crippen LogP contribution in [-0.4, -0.2) is 13.2 Å². The molecule has 1 aromatic carbocycles. The minimum Gasteiger partial charge on any atom is -0.491 e. The van der Waals surface area contributed by atoms with Crippen LogP contribution in [0.15, 0.2) is 29.6 Å². The predicted octanol–water partition coefficient (Wildman–Crippen LogP) is 3.89. The highest BCUT2D eigenvalue weighted by molar-refractivity contribution is 7.09. The van der Waals surface area contributed by atoms with Crippen molar-refractivity contribution in [3.05, 3.63) is 40.3 Å². The first kappa shape index (κ1) is 14.7. The van der Waals surface area contributed by atoms with Crippen LogP contribution in [0.1, 0.15) is 18.7 Å². The Kier molecular flexibility index (Phi) is 4.84. The molecule has 0 atom stereocenters. The van der Waals surface area contributed by atoms with Crippen LogP contribution in [0, 0.1) is 5.82 Å². The average molecular weight is 294 g/mol. The zero-order valence-electron chi connectivity index (χ0n) is 11.7. The van der Waals surface area contributed by atoms with E-state index in [0.29, 0.717) is 12.3 Å². The van der Waals surface area contributed by atoms with Gasteiger partial charge in [-0.15, -0.1) is 11.3 Å². The number of nitrogens with two attached hydrogens (primary N) is 1. The highest BCUT2D eigenvalue weighted by atomic mass is 32.1. The van der Waals surface area contributed by atoms with Crippen molar-refractivity contribution in [2.75, 3.05) is 23.8 Å². The summed E-state index contributed by atoms with van der Waals surface area (Å²) in [5.41, 5.74) is 7.20. The number of ether oxygens (including phenoxy) is 1. The monoisotopic (exact) mass is 294 g/mol. The largest absolute Gasteiger partial charge is 0.491 e. The summed E-state index contributed by atoms with van der Waals surface area (Å²) in [6, 6.07) is 7.12. The normalized spacial score (nSPS) is 10.6. The standard InChI is InChI=1S/C15H19FN2OS/c1-3-18(10-11-6-5-7-20-11)14-9-15(19-4-2)12(16)8-13(14)17/h5-9H,3-4,10,17H2,1-2H3. The van der Waals surface area contributed by atoms with Crippen molar-refractivity contribution in [3.8, 4) is 5.75 Å². The fourth-order valence-electron chi connectivity index (χ4n) is 2.06. The number of halogens is 1. The SMILES string of the molecule is CCOc1cc(N(CC)Cc2cccs2)c(N)cc1F. The van der Waals surface area contributed by atoms with E-state index >= 15 is 0 Å². The van der Waals surface area contributed by atoms with Gasteiger partial charge in [0.1, 0.15) is 0 Å². The average Bonchev–Trinajstić information content (AvgIpc) is 2.92. The van der Waals surface area contributed by atoms with Gasteiger partial charge in [0.25, 0.3) is 0 Å². The van der Waals surface area contributed by atoms with E-state index in [1.165, 1.54) is 10.9 Å². The van der Waals surface area contributed by atoms with Crippen molar-refractivity contribution in [3.63, 3.8) is 0 Å². The Bertz CT molecular complexity index is 557. The summed E-state index contributed by atoms with van der Waals surface area (Å²) < 4.78 is 19.0. The van der Waals surface area contributed by atoms with Crippen LogP contribution in [0.3, 0.4) is 0 Å². The van der Waals surface area contributed by atoms with Gasteiger partial charge in [-0.05, 0) is 25.3 Å². The highest BCUT2D eigenvalue weighted by Gasteiger charge is 2.14. The summed E-state index contributed by atoms with van der Waals surface area (Å²) in [6.45, 7) is 5.86. The molecule has 0 saturated heterocycles. The molecule has 0 bridgehead atoms. The first-order chi connectivity index (χ1) is 9.65. The van der Waals surface area contributed by atoms with E-state index in [2.05, 4.69) is 17.9 Å². The number of thiophene rings is 1. The number of hydrogen-bond acceptors (Lipinski definition) is 4. The third-order valence-electron chi connectivity index (χ3n) is 3.03. The topological polar surface area (TPSA) is 38.5 Å². The van der Waals surface area contributed by atoms with Crippen molar-refractivity contribution >= 4 is 22.7 Å². The van der Waals surface area contributed by atoms with E-state index < -0.39 is 5.82 Å². The van der Waals surface area contributed by atoms with Crippen LogP contribution in [-0.2, 0) is 6.54 Å². The lowest BCUT2D eigenvalue weighted by Gasteiger charge is -2.24. The van der Waals surface area contributed by atoms with E-state index in [-0.39, 0.29) is 5.75 Å². The first-order valence-corrected chi connectivity index (χ1v) is 7.52. The van der Waals surface area contributed by atoms with E-state index in [1.807, 2.05) is 18.4 Å². The molecule has 0 fully saturated rings. The predicted molar refractivity (Wildman–Crippen MR) is 83.0 cm³/mol. The van der Waals surface area contributed by atoms with Crippen molar-refractivity contribution < 1.29 is 9.13 Å². The number of anilines is 2. The van der Waals surface area contributed by atoms with Gasteiger partial charge in [0.2, 0.25) is 0 Å². The molecule has 5 heteroatoms. The van der Waals surface area contributed by atoms with Gasteiger partial charge in [-0.3, -0.25) is 0 Å². The molecule has 2 rings (SSSR count). The summed E-state index contributed by atoms with van der Waals surface area (Å²) in [5.74, 6) is -0.165. The summed E-state index contributed by atoms with van der Waals surface area (Å²) in [4.78, 5) is 3.36. The highest BCUT2D eigenvalue weighted by Crippen LogP contribution is 2.32. The molecule has 0 spiro atoms. The number of nitrogen functional groups attached to an aromatic ring is 1. The molecule has 0 radical (unpaired) electrons. The fourth-order valence-corrected chi connectivity index (χ4v) is 2.78. The third-order valence-corrected chi connectivity index (χ3v) is 3.89. The molecule has 0 aliphatic heterocycles. The summed E-state index contributed by atoms with van der Waals surface area (Å²) in [7, 11) is 0. The maximum atomic E-state index is 13.7. The van der Waals surface area contributed by atoms with Crippen molar-refractivity contribution in [2.45, 2.75) is 20.4 Å². The molecule has 20 heavy (non-hydrogen) atoms. The molecule has 0 unspecified atom stereocenters. The van der Waals surface area contributed by atoms with Gasteiger partial charge >= 0.3 is 0 Å². The summed E-state index contributed by atoms with van der Waals surface area (Å²) >= 11 is 1.70. The number of nitrogens with zero attached hydrogens (tertiary/aromatic N) is 1. The minimum absolute atomic E-state index is 0.251. The van der Waals surface area contributed by atoms with Gasteiger partial charge in [0.05, 0.1) is 24.5 Å². The fraction of sp³-hybridized carbons (Fsp3) is 0.333. The Morgan fingerprint density at radius 1 is 1.35 bits per heavy atom. The van der Waals surface area contributed by atoms with Gasteiger partial charge < -0.3 is 15.4 Å². The van der Waals surface area contributed by atoms with Crippen molar-refractivity contribution in [1.82, 2.24) is 0 Å². The lowest BCUT2D eigenvalue weighted by atomic mass is 10.2. The molecule has 3 nitrogen and oxygen atoms in total. The Morgan fingerprint density at radius 3 is 2.75 bits per heavy atom. The Balaban J connectivity index is 2.30. The van der Waals surface area contributed by atoms with Crippen LogP contribution >= 0.6 is 11.3 Å². The zero-order chi connectivity index (χ0) is 14.5. The van der Waals surface area contributed by atoms with Crippen LogP contribution in [0.25, 0.3) is 0 Å². The minimum atomic E-state index is -0.416. The molecule has 2 aromatic rings. The van der Waals surface area contributed by atoms with Crippen molar-refractivity contribution in [2.24, 2.45) is 0 Å². The maximum absolute atomic E-state index is 13.7. The van der Waals surface area contributed by atoms with Gasteiger partial charge in [-0.2, -0.15) is 0 Å². The molecule has 1 aromatic heterocycles. The smallest absolute Gasteiger partial charge is 0.167 e. The van der Waals surface area contributed by atoms with E-state index in [9.17, 15) is 4.39 Å². The molecule has 0 aliphatic carbocycles. The molecular formula is C15H19FN2OS. The van der Waals surface area contributed by atoms with E-state index in [1.54, 1.807) is 17.4 Å². The molecule has 0 saturated carbocycles. The summed E-state index contributed by atoms with van der Waals surface area (Å²) in [5, 5.41) is 2.04. The van der Waals surface area contributed by atoms with Crippen LogP contribution in [0.2, 0.25) is 0 Å². The van der Waals surface area contributed by atoms with Crippen LogP contribution < -0.4 is 15.4 Å². The lowest BCUT2D eigenvalue weighted by molar-refractivity contribution is 0.321. The molecule has 0 amide bonds. The number of benzene rings is 1. The van der Waals surface area contributed by atoms with Gasteiger partial charge in [-0.1, -0.05) is 6.07 Å². The van der Waals surface area contributed by atoms with Crippen LogP contribution in [0.4, 0.5) is 15.8 Å². The van der Waals surface area contributed by atoms with E-state index in [4.69, 9.17) is 10.5 Å². The van der Waals surface area contributed by atoms with Gasteiger partial charge in [-0.25, -0.2) is 4.39 Å². The lowest BCUT2D eigenvalue weighted by Crippen LogP contribution is -2.22. The second kappa shape index (κ2) is 6.61. The quantitative estimate of drug-likeness (QED) is 0.821. The molecular weight excluding hydrogens is 275 g/mol. The summed E-state index contributed by atoms with van der Waals surface area (Å²) in [6.07, 6.45) is 0.